The van der Waals surface area contributed by atoms with Crippen LogP contribution in [0.2, 0.25) is 0 Å². The van der Waals surface area contributed by atoms with Crippen LogP contribution in [-0.2, 0) is 0 Å². The number of carbonyl (C=O) groups is 1. The normalized spacial score (nSPS) is 10.0. The summed E-state index contributed by atoms with van der Waals surface area (Å²) in [5.41, 5.74) is 2.95. The summed E-state index contributed by atoms with van der Waals surface area (Å²) >= 11 is 2.81. The molecule has 1 rings (SSSR count). The van der Waals surface area contributed by atoms with Crippen molar-refractivity contribution in [3.63, 3.8) is 0 Å². The zero-order valence-electron chi connectivity index (χ0n) is 7.03. The van der Waals surface area contributed by atoms with Gasteiger partial charge >= 0.3 is 11.7 Å². The van der Waals surface area contributed by atoms with Gasteiger partial charge in [0.05, 0.1) is 4.92 Å². The Labute approximate surface area is 90.8 Å². The summed E-state index contributed by atoms with van der Waals surface area (Å²) in [5.74, 6) is -3.05. The summed E-state index contributed by atoms with van der Waals surface area (Å²) in [5, 5.41) is 19.0. The van der Waals surface area contributed by atoms with Crippen molar-refractivity contribution in [2.24, 2.45) is 0 Å². The van der Waals surface area contributed by atoms with Crippen molar-refractivity contribution in [1.29, 1.82) is 0 Å². The second-order valence-electron chi connectivity index (χ2n) is 2.54. The van der Waals surface area contributed by atoms with Gasteiger partial charge in [-0.1, -0.05) is 0 Å². The van der Waals surface area contributed by atoms with Crippen molar-refractivity contribution in [1.82, 2.24) is 0 Å². The first-order chi connectivity index (χ1) is 6.86. The lowest BCUT2D eigenvalue weighted by molar-refractivity contribution is -0.386. The van der Waals surface area contributed by atoms with Crippen molar-refractivity contribution >= 4 is 33.3 Å². The summed E-state index contributed by atoms with van der Waals surface area (Å²) in [6, 6.07) is 0.875. The molecule has 0 fully saturated rings. The number of carboxylic acid groups (broad SMARTS) is 1. The largest absolute Gasteiger partial charge is 0.478 e. The van der Waals surface area contributed by atoms with E-state index >= 15 is 0 Å². The molecule has 0 bridgehead atoms. The molecule has 0 saturated heterocycles. The van der Waals surface area contributed by atoms with Gasteiger partial charge in [-0.05, 0) is 22.0 Å². The van der Waals surface area contributed by atoms with E-state index in [1.807, 2.05) is 0 Å². The number of anilines is 1. The van der Waals surface area contributed by atoms with E-state index in [2.05, 4.69) is 15.9 Å². The topological polar surface area (TPSA) is 106 Å². The lowest BCUT2D eigenvalue weighted by Gasteiger charge is -2.04. The molecule has 0 aromatic heterocycles. The maximum absolute atomic E-state index is 13.3. The average molecular weight is 279 g/mol. The van der Waals surface area contributed by atoms with E-state index in [1.54, 1.807) is 0 Å². The van der Waals surface area contributed by atoms with Crippen LogP contribution in [0.1, 0.15) is 10.4 Å². The van der Waals surface area contributed by atoms with Crippen LogP contribution in [-0.4, -0.2) is 16.0 Å². The van der Waals surface area contributed by atoms with Gasteiger partial charge in [-0.2, -0.15) is 4.39 Å². The predicted octanol–water partition coefficient (Wildman–Crippen LogP) is 1.78. The first-order valence-corrected chi connectivity index (χ1v) is 4.30. The first-order valence-electron chi connectivity index (χ1n) is 3.51. The highest BCUT2D eigenvalue weighted by Gasteiger charge is 2.27. The maximum Gasteiger partial charge on any atom is 0.339 e. The van der Waals surface area contributed by atoms with Gasteiger partial charge < -0.3 is 10.8 Å². The van der Waals surface area contributed by atoms with Crippen molar-refractivity contribution in [3.8, 4) is 0 Å². The Bertz CT molecular complexity index is 463. The van der Waals surface area contributed by atoms with E-state index in [1.165, 1.54) is 0 Å². The van der Waals surface area contributed by atoms with Gasteiger partial charge in [0, 0.05) is 4.47 Å². The van der Waals surface area contributed by atoms with E-state index < -0.39 is 33.6 Å². The van der Waals surface area contributed by atoms with E-state index in [0.717, 1.165) is 6.07 Å². The summed E-state index contributed by atoms with van der Waals surface area (Å²) in [6.45, 7) is 0. The number of benzene rings is 1. The fourth-order valence-electron chi connectivity index (χ4n) is 0.961. The van der Waals surface area contributed by atoms with Crippen LogP contribution in [0.3, 0.4) is 0 Å². The summed E-state index contributed by atoms with van der Waals surface area (Å²) < 4.78 is 13.3. The molecule has 8 heteroatoms. The quantitative estimate of drug-likeness (QED) is 0.487. The third kappa shape index (κ3) is 1.89. The van der Waals surface area contributed by atoms with Crippen LogP contribution in [0.15, 0.2) is 10.5 Å². The molecule has 0 amide bonds. The molecular weight excluding hydrogens is 275 g/mol. The molecule has 15 heavy (non-hydrogen) atoms. The molecule has 80 valence electrons. The van der Waals surface area contributed by atoms with Gasteiger partial charge in [-0.3, -0.25) is 10.1 Å². The zero-order chi connectivity index (χ0) is 11.7. The van der Waals surface area contributed by atoms with E-state index in [-0.39, 0.29) is 4.47 Å². The van der Waals surface area contributed by atoms with Gasteiger partial charge in [0.1, 0.15) is 11.3 Å². The van der Waals surface area contributed by atoms with Gasteiger partial charge in [-0.15, -0.1) is 0 Å². The molecule has 1 aromatic carbocycles. The van der Waals surface area contributed by atoms with Crippen molar-refractivity contribution in [2.75, 3.05) is 5.73 Å². The van der Waals surface area contributed by atoms with E-state index in [4.69, 9.17) is 10.8 Å². The number of nitrogen functional groups attached to an aromatic ring is 1. The smallest absolute Gasteiger partial charge is 0.339 e. The Balaban J connectivity index is 3.63. The molecule has 0 aliphatic heterocycles. The third-order valence-corrected chi connectivity index (χ3v) is 2.30. The van der Waals surface area contributed by atoms with Crippen LogP contribution in [0.4, 0.5) is 15.8 Å². The molecule has 0 radical (unpaired) electrons. The number of nitrogens with two attached hydrogens (primary N) is 1. The van der Waals surface area contributed by atoms with Crippen LogP contribution < -0.4 is 5.73 Å². The molecule has 0 saturated carbocycles. The van der Waals surface area contributed by atoms with Gasteiger partial charge in [0.15, 0.2) is 0 Å². The zero-order valence-corrected chi connectivity index (χ0v) is 8.62. The monoisotopic (exact) mass is 278 g/mol. The van der Waals surface area contributed by atoms with Crippen molar-refractivity contribution in [2.45, 2.75) is 0 Å². The molecule has 0 aliphatic rings. The minimum Gasteiger partial charge on any atom is -0.478 e. The fourth-order valence-corrected chi connectivity index (χ4v) is 1.38. The highest BCUT2D eigenvalue weighted by atomic mass is 79.9. The number of carboxylic acids is 1. The standard InChI is InChI=1S/C7H4BrFN2O4/c8-3-1-2(7(12)13)4(9)6(5(3)10)11(14)15/h1H,10H2,(H,12,13). The Morgan fingerprint density at radius 1 is 1.67 bits per heavy atom. The summed E-state index contributed by atoms with van der Waals surface area (Å²) in [6.07, 6.45) is 0. The van der Waals surface area contributed by atoms with Crippen molar-refractivity contribution < 1.29 is 19.2 Å². The maximum atomic E-state index is 13.3. The Morgan fingerprint density at radius 2 is 2.20 bits per heavy atom. The molecule has 3 N–H and O–H groups in total. The van der Waals surface area contributed by atoms with E-state index in [0.29, 0.717) is 0 Å². The number of nitro groups is 1. The molecule has 0 spiro atoms. The minimum atomic E-state index is -1.60. The van der Waals surface area contributed by atoms with Gasteiger partial charge in [0.2, 0.25) is 5.82 Å². The number of aromatic carboxylic acids is 1. The lowest BCUT2D eigenvalue weighted by atomic mass is 10.1. The van der Waals surface area contributed by atoms with Crippen LogP contribution in [0.25, 0.3) is 0 Å². The first kappa shape index (κ1) is 11.4. The highest BCUT2D eigenvalue weighted by Crippen LogP contribution is 2.34. The van der Waals surface area contributed by atoms with Gasteiger partial charge in [-0.25, -0.2) is 4.79 Å². The summed E-state index contributed by atoms with van der Waals surface area (Å²) in [4.78, 5) is 19.9. The number of hydrogen-bond donors (Lipinski definition) is 2. The molecule has 6 nitrogen and oxygen atoms in total. The SMILES string of the molecule is Nc1c(Br)cc(C(=O)O)c(F)c1[N+](=O)[O-]. The predicted molar refractivity (Wildman–Crippen MR) is 52.1 cm³/mol. The number of nitro benzene ring substituents is 1. The molecule has 0 heterocycles. The van der Waals surface area contributed by atoms with Gasteiger partial charge in [0.25, 0.3) is 0 Å². The Morgan fingerprint density at radius 3 is 2.60 bits per heavy atom. The molecule has 1 aromatic rings. The molecule has 0 aliphatic carbocycles. The van der Waals surface area contributed by atoms with E-state index in [9.17, 15) is 19.3 Å². The van der Waals surface area contributed by atoms with Crippen LogP contribution in [0, 0.1) is 15.9 Å². The van der Waals surface area contributed by atoms with Crippen LogP contribution in [0.5, 0.6) is 0 Å². The number of rotatable bonds is 2. The second kappa shape index (κ2) is 3.81. The Hall–Kier alpha value is -1.70. The molecule has 0 atom stereocenters. The number of nitrogens with zero attached hydrogens (tertiary/aromatic N) is 1. The molecular formula is C7H4BrFN2O4. The third-order valence-electron chi connectivity index (χ3n) is 1.64. The number of halogens is 2. The van der Waals surface area contributed by atoms with Crippen LogP contribution >= 0.6 is 15.9 Å². The Kier molecular flexibility index (Phi) is 2.89. The number of hydrogen-bond acceptors (Lipinski definition) is 4. The second-order valence-corrected chi connectivity index (χ2v) is 3.40. The lowest BCUT2D eigenvalue weighted by Crippen LogP contribution is -2.07. The highest BCUT2D eigenvalue weighted by molar-refractivity contribution is 9.10. The summed E-state index contributed by atoms with van der Waals surface area (Å²) in [7, 11) is 0. The van der Waals surface area contributed by atoms with Crippen molar-refractivity contribution in [3.05, 3.63) is 32.0 Å². The minimum absolute atomic E-state index is 0.0343. The average Bonchev–Trinajstić information content (AvgIpc) is 2.10. The fraction of sp³-hybridized carbons (Fsp3) is 0. The molecule has 0 unspecified atom stereocenters.